The van der Waals surface area contributed by atoms with E-state index >= 15 is 0 Å². The fourth-order valence-corrected chi connectivity index (χ4v) is 3.63. The number of aromatic nitrogens is 2. The molecule has 168 valence electrons. The number of carboxylic acids is 1. The van der Waals surface area contributed by atoms with Crippen molar-refractivity contribution < 1.29 is 32.7 Å². The largest absolute Gasteiger partial charge is 0.478 e. The van der Waals surface area contributed by atoms with Gasteiger partial charge in [0.1, 0.15) is 18.1 Å². The van der Waals surface area contributed by atoms with Gasteiger partial charge in [0.25, 0.3) is 5.91 Å². The average molecular weight is 450 g/mol. The Hall–Kier alpha value is -3.90. The molecule has 3 amide bonds. The maximum absolute atomic E-state index is 13.0. The second-order valence-electron chi connectivity index (χ2n) is 7.26. The molecule has 2 bridgehead atoms. The van der Waals surface area contributed by atoms with Crippen LogP contribution in [0.1, 0.15) is 27.3 Å². The summed E-state index contributed by atoms with van der Waals surface area (Å²) in [6, 6.07) is 4.61. The number of nitrogens with zero attached hydrogens (tertiary/aromatic N) is 4. The van der Waals surface area contributed by atoms with Crippen LogP contribution in [0.2, 0.25) is 0 Å². The number of pyridine rings is 2. The molecule has 13 heteroatoms. The van der Waals surface area contributed by atoms with Crippen molar-refractivity contribution in [2.24, 2.45) is 0 Å². The average Bonchev–Trinajstić information content (AvgIpc) is 3.15. The molecular weight excluding hydrogens is 433 g/mol. The molecule has 0 aliphatic carbocycles. The lowest BCUT2D eigenvalue weighted by Gasteiger charge is -2.35. The van der Waals surface area contributed by atoms with Crippen molar-refractivity contribution in [1.29, 1.82) is 0 Å². The highest BCUT2D eigenvalue weighted by molar-refractivity contribution is 6.05. The third-order valence-electron chi connectivity index (χ3n) is 5.10. The number of hydrogen-bond donors (Lipinski definition) is 3. The molecule has 2 aromatic rings. The number of anilines is 3. The van der Waals surface area contributed by atoms with Crippen LogP contribution in [-0.2, 0) is 0 Å². The fourth-order valence-electron chi connectivity index (χ4n) is 3.63. The van der Waals surface area contributed by atoms with Crippen molar-refractivity contribution in [2.75, 3.05) is 34.8 Å². The zero-order valence-corrected chi connectivity index (χ0v) is 16.4. The van der Waals surface area contributed by atoms with Crippen LogP contribution in [0.25, 0.3) is 0 Å². The summed E-state index contributed by atoms with van der Waals surface area (Å²) in [6.45, 7) is -0.317. The van der Waals surface area contributed by atoms with Crippen LogP contribution in [-0.4, -0.2) is 64.8 Å². The van der Waals surface area contributed by atoms with E-state index in [2.05, 4.69) is 15.3 Å². The number of urea groups is 1. The van der Waals surface area contributed by atoms with Gasteiger partial charge in [-0.1, -0.05) is 0 Å². The van der Waals surface area contributed by atoms with Crippen molar-refractivity contribution in [3.63, 3.8) is 0 Å². The van der Waals surface area contributed by atoms with Gasteiger partial charge in [0.15, 0.2) is 5.82 Å². The second-order valence-corrected chi connectivity index (χ2v) is 7.26. The van der Waals surface area contributed by atoms with Crippen LogP contribution in [0.3, 0.4) is 0 Å². The first-order valence-electron chi connectivity index (χ1n) is 9.53. The zero-order valence-electron chi connectivity index (χ0n) is 16.4. The molecule has 0 aromatic carbocycles. The van der Waals surface area contributed by atoms with Gasteiger partial charge in [-0.05, 0) is 30.7 Å². The highest BCUT2D eigenvalue weighted by Gasteiger charge is 2.40. The summed E-state index contributed by atoms with van der Waals surface area (Å²) in [7, 11) is 0. The van der Waals surface area contributed by atoms with Crippen LogP contribution in [0.4, 0.5) is 35.3 Å². The number of carboxylic acid groups (broad SMARTS) is 1. The summed E-state index contributed by atoms with van der Waals surface area (Å²) >= 11 is 0. The number of carbonyl (C=O) groups is 3. The third kappa shape index (κ3) is 4.26. The molecule has 0 saturated carbocycles. The number of fused-ring (bicyclic) bond motifs is 4. The van der Waals surface area contributed by atoms with Crippen LogP contribution < -0.4 is 20.4 Å². The van der Waals surface area contributed by atoms with E-state index in [0.717, 1.165) is 6.20 Å². The lowest BCUT2D eigenvalue weighted by Crippen LogP contribution is -2.48. The molecule has 1 saturated heterocycles. The lowest BCUT2D eigenvalue weighted by molar-refractivity contribution is -0.123. The lowest BCUT2D eigenvalue weighted by atomic mass is 10.1. The molecular formula is C19H17F3N6O4. The summed E-state index contributed by atoms with van der Waals surface area (Å²) in [5, 5.41) is 13.3. The number of hydrogen-bond acceptors (Lipinski definition) is 6. The smallest absolute Gasteiger partial charge is 0.405 e. The first kappa shape index (κ1) is 21.3. The molecule has 0 radical (unpaired) electrons. The quantitative estimate of drug-likeness (QED) is 0.651. The number of halogens is 3. The first-order valence-corrected chi connectivity index (χ1v) is 9.53. The Labute approximate surface area is 179 Å². The third-order valence-corrected chi connectivity index (χ3v) is 5.10. The topological polar surface area (TPSA) is 128 Å². The molecule has 1 fully saturated rings. The Bertz CT molecular complexity index is 1080. The Morgan fingerprint density at radius 2 is 1.97 bits per heavy atom. The number of aromatic carboxylic acids is 1. The molecule has 3 N–H and O–H groups in total. The number of rotatable bonds is 4. The maximum atomic E-state index is 13.0. The first-order chi connectivity index (χ1) is 15.1. The van der Waals surface area contributed by atoms with Crippen LogP contribution in [0, 0.1) is 0 Å². The summed E-state index contributed by atoms with van der Waals surface area (Å²) in [5.41, 5.74) is 0.279. The Morgan fingerprint density at radius 1 is 1.19 bits per heavy atom. The molecule has 10 nitrogen and oxygen atoms in total. The minimum absolute atomic E-state index is 0.0473. The van der Waals surface area contributed by atoms with Gasteiger partial charge in [-0.3, -0.25) is 15.0 Å². The normalized spacial score (nSPS) is 17.0. The standard InChI is InChI=1S/C19H17F3N6O4/c20-19(21,22)9-24-16(29)12-2-3-13-15(25-12)28(11-5-6-27(13)8-11)18(32)26-14-4-1-10(7-23-14)17(30)31/h1-4,7,11H,5-6,8-9H2,(H,24,29)(H,30,31)(H,23,26,32)/t11-/m0/s1. The van der Waals surface area contributed by atoms with E-state index in [1.165, 1.54) is 23.1 Å². The highest BCUT2D eigenvalue weighted by Crippen LogP contribution is 2.39. The summed E-state index contributed by atoms with van der Waals surface area (Å²) in [5.74, 6) is -1.91. The van der Waals surface area contributed by atoms with E-state index in [1.807, 2.05) is 4.90 Å². The molecule has 2 aliphatic rings. The van der Waals surface area contributed by atoms with Gasteiger partial charge in [-0.2, -0.15) is 13.2 Å². The van der Waals surface area contributed by atoms with Gasteiger partial charge in [-0.15, -0.1) is 0 Å². The summed E-state index contributed by atoms with van der Waals surface area (Å²) in [6.07, 6.45) is -2.84. The Balaban J connectivity index is 1.59. The van der Waals surface area contributed by atoms with E-state index in [1.54, 1.807) is 11.4 Å². The van der Waals surface area contributed by atoms with Crippen molar-refractivity contribution in [3.05, 3.63) is 41.7 Å². The molecule has 2 aromatic heterocycles. The SMILES string of the molecule is O=C(O)c1ccc(NC(=O)N2c3nc(C(=O)NCC(F)(F)F)ccc3N3CC[C@H]2C3)nc1. The van der Waals surface area contributed by atoms with E-state index in [0.29, 0.717) is 25.2 Å². The molecule has 1 atom stereocenters. The molecule has 0 unspecified atom stereocenters. The van der Waals surface area contributed by atoms with Crippen molar-refractivity contribution >= 4 is 35.2 Å². The minimum Gasteiger partial charge on any atom is -0.478 e. The Morgan fingerprint density at radius 3 is 2.62 bits per heavy atom. The van der Waals surface area contributed by atoms with E-state index in [4.69, 9.17) is 5.11 Å². The van der Waals surface area contributed by atoms with E-state index < -0.39 is 30.6 Å². The van der Waals surface area contributed by atoms with Gasteiger partial charge in [0, 0.05) is 19.3 Å². The van der Waals surface area contributed by atoms with Gasteiger partial charge < -0.3 is 15.3 Å². The Kier molecular flexibility index (Phi) is 5.32. The monoisotopic (exact) mass is 450 g/mol. The van der Waals surface area contributed by atoms with Crippen LogP contribution >= 0.6 is 0 Å². The number of carbonyl (C=O) groups excluding carboxylic acids is 2. The maximum Gasteiger partial charge on any atom is 0.405 e. The molecule has 2 aliphatic heterocycles. The summed E-state index contributed by atoms with van der Waals surface area (Å²) < 4.78 is 37.3. The van der Waals surface area contributed by atoms with E-state index in [-0.39, 0.29) is 28.9 Å². The van der Waals surface area contributed by atoms with E-state index in [9.17, 15) is 27.6 Å². The highest BCUT2D eigenvalue weighted by atomic mass is 19.4. The number of alkyl halides is 3. The van der Waals surface area contributed by atoms with Gasteiger partial charge in [-0.25, -0.2) is 19.6 Å². The molecule has 4 heterocycles. The van der Waals surface area contributed by atoms with Crippen molar-refractivity contribution in [1.82, 2.24) is 15.3 Å². The van der Waals surface area contributed by atoms with Crippen LogP contribution in [0.5, 0.6) is 0 Å². The molecule has 0 spiro atoms. The predicted molar refractivity (Wildman–Crippen MR) is 106 cm³/mol. The molecule has 4 rings (SSSR count). The fraction of sp³-hybridized carbons (Fsp3) is 0.316. The van der Waals surface area contributed by atoms with Gasteiger partial charge in [0.05, 0.1) is 17.3 Å². The second kappa shape index (κ2) is 7.98. The van der Waals surface area contributed by atoms with Crippen LogP contribution in [0.15, 0.2) is 30.5 Å². The van der Waals surface area contributed by atoms with Crippen molar-refractivity contribution in [3.8, 4) is 0 Å². The minimum atomic E-state index is -4.57. The number of nitrogens with one attached hydrogen (secondary N) is 2. The number of amides is 3. The summed E-state index contributed by atoms with van der Waals surface area (Å²) in [4.78, 5) is 47.5. The molecule has 32 heavy (non-hydrogen) atoms. The van der Waals surface area contributed by atoms with Crippen molar-refractivity contribution in [2.45, 2.75) is 18.6 Å². The zero-order chi connectivity index (χ0) is 23.0. The van der Waals surface area contributed by atoms with Gasteiger partial charge in [0.2, 0.25) is 0 Å². The predicted octanol–water partition coefficient (Wildman–Crippen LogP) is 2.10. The van der Waals surface area contributed by atoms with Gasteiger partial charge >= 0.3 is 18.2 Å².